The lowest BCUT2D eigenvalue weighted by atomic mass is 10.1. The predicted molar refractivity (Wildman–Crippen MR) is 106 cm³/mol. The topological polar surface area (TPSA) is 47.6 Å². The van der Waals surface area contributed by atoms with Crippen LogP contribution in [0.25, 0.3) is 0 Å². The van der Waals surface area contributed by atoms with Crippen molar-refractivity contribution in [2.24, 2.45) is 0 Å². The van der Waals surface area contributed by atoms with Crippen molar-refractivity contribution < 1.29 is 4.79 Å². The van der Waals surface area contributed by atoms with E-state index in [-0.39, 0.29) is 5.91 Å². The van der Waals surface area contributed by atoms with Crippen LogP contribution in [0.2, 0.25) is 0 Å². The average Bonchev–Trinajstić information content (AvgIpc) is 2.69. The maximum Gasteiger partial charge on any atom is 0.234 e. The Hall–Kier alpha value is -2.37. The number of piperazine rings is 1. The van der Waals surface area contributed by atoms with E-state index in [0.29, 0.717) is 13.1 Å². The summed E-state index contributed by atoms with van der Waals surface area (Å²) in [6.45, 7) is 6.06. The molecule has 1 aliphatic heterocycles. The van der Waals surface area contributed by atoms with E-state index in [4.69, 9.17) is 0 Å². The average molecular weight is 352 g/mol. The number of para-hydroxylation sites is 1. The lowest BCUT2D eigenvalue weighted by Crippen LogP contribution is -2.46. The van der Waals surface area contributed by atoms with Crippen LogP contribution >= 0.6 is 0 Å². The lowest BCUT2D eigenvalue weighted by Gasteiger charge is -2.36. The second-order valence-electron chi connectivity index (χ2n) is 6.67. The van der Waals surface area contributed by atoms with E-state index < -0.39 is 0 Å². The maximum absolute atomic E-state index is 11.7. The summed E-state index contributed by atoms with van der Waals surface area (Å²) in [5, 5.41) is 5.85. The maximum atomic E-state index is 11.7. The molecule has 0 unspecified atom stereocenters. The van der Waals surface area contributed by atoms with Crippen molar-refractivity contribution in [2.75, 3.05) is 44.7 Å². The fourth-order valence-electron chi connectivity index (χ4n) is 3.34. The quantitative estimate of drug-likeness (QED) is 0.798. The minimum Gasteiger partial charge on any atom is -0.369 e. The lowest BCUT2D eigenvalue weighted by molar-refractivity contribution is -0.120. The molecule has 26 heavy (non-hydrogen) atoms. The summed E-state index contributed by atoms with van der Waals surface area (Å²) in [6, 6.07) is 19.0. The molecule has 5 heteroatoms. The van der Waals surface area contributed by atoms with Crippen LogP contribution in [0.3, 0.4) is 0 Å². The molecular weight excluding hydrogens is 324 g/mol. The molecule has 0 atom stereocenters. The third kappa shape index (κ3) is 5.07. The number of hydrogen-bond acceptors (Lipinski definition) is 4. The van der Waals surface area contributed by atoms with Gasteiger partial charge in [0.15, 0.2) is 0 Å². The number of nitrogens with one attached hydrogen (secondary N) is 2. The third-order valence-corrected chi connectivity index (χ3v) is 4.82. The molecule has 3 rings (SSSR count). The van der Waals surface area contributed by atoms with Crippen molar-refractivity contribution in [2.45, 2.75) is 13.1 Å². The highest BCUT2D eigenvalue weighted by Gasteiger charge is 2.18. The van der Waals surface area contributed by atoms with Gasteiger partial charge in [0.1, 0.15) is 0 Å². The molecule has 138 valence electrons. The zero-order chi connectivity index (χ0) is 18.2. The summed E-state index contributed by atoms with van der Waals surface area (Å²) in [6.07, 6.45) is 0. The Morgan fingerprint density at radius 1 is 0.923 bits per heavy atom. The van der Waals surface area contributed by atoms with Crippen molar-refractivity contribution in [3.05, 3.63) is 65.7 Å². The number of nitrogens with zero attached hydrogens (tertiary/aromatic N) is 2. The van der Waals surface area contributed by atoms with Crippen molar-refractivity contribution in [3.8, 4) is 0 Å². The second kappa shape index (κ2) is 9.36. The Morgan fingerprint density at radius 2 is 1.58 bits per heavy atom. The minimum atomic E-state index is 0.0266. The third-order valence-electron chi connectivity index (χ3n) is 4.82. The van der Waals surface area contributed by atoms with Crippen LogP contribution in [-0.4, -0.2) is 50.6 Å². The number of likely N-dealkylation sites (N-methyl/N-ethyl adjacent to an activating group) is 1. The van der Waals surface area contributed by atoms with E-state index in [0.717, 1.165) is 32.7 Å². The number of carbonyl (C=O) groups is 1. The van der Waals surface area contributed by atoms with E-state index in [1.165, 1.54) is 16.8 Å². The molecule has 0 bridgehead atoms. The van der Waals surface area contributed by atoms with Crippen molar-refractivity contribution in [1.29, 1.82) is 0 Å². The first-order valence-corrected chi connectivity index (χ1v) is 9.26. The van der Waals surface area contributed by atoms with Crippen LogP contribution in [0, 0.1) is 0 Å². The van der Waals surface area contributed by atoms with Gasteiger partial charge >= 0.3 is 0 Å². The highest BCUT2D eigenvalue weighted by atomic mass is 16.1. The van der Waals surface area contributed by atoms with Crippen LogP contribution < -0.4 is 15.5 Å². The monoisotopic (exact) mass is 352 g/mol. The van der Waals surface area contributed by atoms with Gasteiger partial charge in [0, 0.05) is 45.0 Å². The molecular formula is C21H28N4O. The standard InChI is InChI=1S/C21H28N4O/c1-22-16-21(26)23-15-18-7-5-6-8-19(18)17-24-11-13-25(14-12-24)20-9-3-2-4-10-20/h2-10,22H,11-17H2,1H3,(H,23,26). The molecule has 0 radical (unpaired) electrons. The Bertz CT molecular complexity index is 696. The predicted octanol–water partition coefficient (Wildman–Crippen LogP) is 1.84. The summed E-state index contributed by atoms with van der Waals surface area (Å²) in [5.41, 5.74) is 3.80. The summed E-state index contributed by atoms with van der Waals surface area (Å²) in [7, 11) is 1.78. The van der Waals surface area contributed by atoms with Gasteiger partial charge in [-0.3, -0.25) is 9.69 Å². The summed E-state index contributed by atoms with van der Waals surface area (Å²) in [5.74, 6) is 0.0266. The highest BCUT2D eigenvalue weighted by molar-refractivity contribution is 5.77. The summed E-state index contributed by atoms with van der Waals surface area (Å²) >= 11 is 0. The van der Waals surface area contributed by atoms with E-state index in [1.807, 2.05) is 6.07 Å². The van der Waals surface area contributed by atoms with Crippen LogP contribution in [-0.2, 0) is 17.9 Å². The molecule has 1 heterocycles. The van der Waals surface area contributed by atoms with Gasteiger partial charge in [0.05, 0.1) is 6.54 Å². The van der Waals surface area contributed by atoms with Gasteiger partial charge in [-0.15, -0.1) is 0 Å². The zero-order valence-electron chi connectivity index (χ0n) is 15.4. The molecule has 1 saturated heterocycles. The summed E-state index contributed by atoms with van der Waals surface area (Å²) in [4.78, 5) is 16.6. The van der Waals surface area contributed by atoms with Crippen molar-refractivity contribution >= 4 is 11.6 Å². The number of hydrogen-bond donors (Lipinski definition) is 2. The smallest absolute Gasteiger partial charge is 0.234 e. The molecule has 1 fully saturated rings. The van der Waals surface area contributed by atoms with Crippen LogP contribution in [0.4, 0.5) is 5.69 Å². The van der Waals surface area contributed by atoms with Gasteiger partial charge in [0.2, 0.25) is 5.91 Å². The first kappa shape index (κ1) is 18.4. The molecule has 1 aliphatic rings. The fraction of sp³-hybridized carbons (Fsp3) is 0.381. The number of carbonyl (C=O) groups excluding carboxylic acids is 1. The van der Waals surface area contributed by atoms with Gasteiger partial charge in [-0.1, -0.05) is 42.5 Å². The van der Waals surface area contributed by atoms with E-state index in [1.54, 1.807) is 7.05 Å². The normalized spacial score (nSPS) is 15.0. The second-order valence-corrected chi connectivity index (χ2v) is 6.67. The first-order chi connectivity index (χ1) is 12.8. The first-order valence-electron chi connectivity index (χ1n) is 9.26. The number of rotatable bonds is 7. The summed E-state index contributed by atoms with van der Waals surface area (Å²) < 4.78 is 0. The van der Waals surface area contributed by atoms with E-state index in [9.17, 15) is 4.79 Å². The SMILES string of the molecule is CNCC(=O)NCc1ccccc1CN1CCN(c2ccccc2)CC1. The van der Waals surface area contributed by atoms with Gasteiger partial charge in [-0.25, -0.2) is 0 Å². The molecule has 1 amide bonds. The van der Waals surface area contributed by atoms with Gasteiger partial charge in [-0.2, -0.15) is 0 Å². The van der Waals surface area contributed by atoms with Crippen molar-refractivity contribution in [1.82, 2.24) is 15.5 Å². The Balaban J connectivity index is 1.54. The van der Waals surface area contributed by atoms with Crippen LogP contribution in [0.5, 0.6) is 0 Å². The number of anilines is 1. The molecule has 5 nitrogen and oxygen atoms in total. The van der Waals surface area contributed by atoms with Crippen LogP contribution in [0.1, 0.15) is 11.1 Å². The Kier molecular flexibility index (Phi) is 6.63. The van der Waals surface area contributed by atoms with Gasteiger partial charge < -0.3 is 15.5 Å². The Morgan fingerprint density at radius 3 is 2.27 bits per heavy atom. The number of benzene rings is 2. The van der Waals surface area contributed by atoms with Crippen molar-refractivity contribution in [3.63, 3.8) is 0 Å². The Labute approximate surface area is 156 Å². The van der Waals surface area contributed by atoms with E-state index in [2.05, 4.69) is 69.0 Å². The molecule has 2 N–H and O–H groups in total. The molecule has 0 spiro atoms. The zero-order valence-corrected chi connectivity index (χ0v) is 15.4. The molecule has 0 saturated carbocycles. The van der Waals surface area contributed by atoms with Crippen LogP contribution in [0.15, 0.2) is 54.6 Å². The van der Waals surface area contributed by atoms with E-state index >= 15 is 0 Å². The molecule has 2 aromatic rings. The molecule has 0 aromatic heterocycles. The van der Waals surface area contributed by atoms with Gasteiger partial charge in [-0.05, 0) is 30.3 Å². The number of amides is 1. The molecule has 2 aromatic carbocycles. The fourth-order valence-corrected chi connectivity index (χ4v) is 3.34. The largest absolute Gasteiger partial charge is 0.369 e. The minimum absolute atomic E-state index is 0.0266. The highest BCUT2D eigenvalue weighted by Crippen LogP contribution is 2.18. The van der Waals surface area contributed by atoms with Gasteiger partial charge in [0.25, 0.3) is 0 Å². The molecule has 0 aliphatic carbocycles.